The summed E-state index contributed by atoms with van der Waals surface area (Å²) in [7, 11) is 0. The lowest BCUT2D eigenvalue weighted by molar-refractivity contribution is 0.395. The highest BCUT2D eigenvalue weighted by atomic mass is 127. The van der Waals surface area contributed by atoms with E-state index in [1.807, 2.05) is 4.57 Å². The topological polar surface area (TPSA) is 34.0 Å². The van der Waals surface area contributed by atoms with E-state index in [0.29, 0.717) is 5.28 Å². The van der Waals surface area contributed by atoms with E-state index in [1.165, 1.54) is 0 Å². The highest BCUT2D eigenvalue weighted by Crippen LogP contribution is 2.17. The fraction of sp³-hybridized carbons (Fsp3) is 0.600. The fourth-order valence-electron chi connectivity index (χ4n) is 1.09. The molecule has 0 atom stereocenters. The molecule has 0 fully saturated rings. The second-order valence-corrected chi connectivity index (χ2v) is 4.08. The van der Waals surface area contributed by atoms with Gasteiger partial charge >= 0.3 is 0 Å². The molecule has 0 aliphatic carbocycles. The van der Waals surface area contributed by atoms with Gasteiger partial charge in [0.05, 0.1) is 6.54 Å². The summed E-state index contributed by atoms with van der Waals surface area (Å²) in [5, 5.41) is 8.23. The van der Waals surface area contributed by atoms with E-state index in [4.69, 9.17) is 11.6 Å². The van der Waals surface area contributed by atoms with Crippen molar-refractivity contribution in [3.8, 4) is 0 Å². The van der Waals surface area contributed by atoms with Crippen molar-refractivity contribution >= 4 is 34.5 Å². The van der Waals surface area contributed by atoms with Crippen molar-refractivity contribution in [1.29, 1.82) is 0 Å². The van der Waals surface area contributed by atoms with E-state index in [9.17, 15) is 0 Å². The van der Waals surface area contributed by atoms with E-state index >= 15 is 0 Å². The molecule has 1 aliphatic rings. The fourth-order valence-corrected chi connectivity index (χ4v) is 1.83. The molecule has 1 aliphatic heterocycles. The molecule has 0 aromatic carbocycles. The average Bonchev–Trinajstić information content (AvgIpc) is 2.32. The van der Waals surface area contributed by atoms with Crippen molar-refractivity contribution in [3.63, 3.8) is 0 Å². The number of halogens is 2. The Kier molecular flexibility index (Phi) is 2.02. The molecule has 0 spiro atoms. The quantitative estimate of drug-likeness (QED) is 0.528. The van der Waals surface area contributed by atoms with Crippen molar-refractivity contribution in [2.75, 3.05) is 6.54 Å². The van der Waals surface area contributed by atoms with Crippen molar-refractivity contribution in [3.05, 3.63) is 11.1 Å². The SMILES string of the molecule is Clc1nnc2n1CCN(I)C2. The van der Waals surface area contributed by atoms with Crippen LogP contribution in [0.4, 0.5) is 0 Å². The number of nitrogens with zero attached hydrogens (tertiary/aromatic N) is 4. The van der Waals surface area contributed by atoms with Crippen LogP contribution in [0.3, 0.4) is 0 Å². The summed E-state index contributed by atoms with van der Waals surface area (Å²) in [6.07, 6.45) is 0. The van der Waals surface area contributed by atoms with Gasteiger partial charge in [0.1, 0.15) is 5.82 Å². The summed E-state index contributed by atoms with van der Waals surface area (Å²) in [5.41, 5.74) is 0. The zero-order chi connectivity index (χ0) is 7.84. The first-order valence-electron chi connectivity index (χ1n) is 3.25. The third-order valence-electron chi connectivity index (χ3n) is 1.66. The monoisotopic (exact) mass is 284 g/mol. The second-order valence-electron chi connectivity index (χ2n) is 2.38. The minimum absolute atomic E-state index is 0.504. The maximum atomic E-state index is 5.77. The first-order valence-corrected chi connectivity index (χ1v) is 4.60. The molecule has 0 saturated carbocycles. The van der Waals surface area contributed by atoms with Gasteiger partial charge in [0.2, 0.25) is 5.28 Å². The largest absolute Gasteiger partial charge is 0.299 e. The van der Waals surface area contributed by atoms with Gasteiger partial charge in [0.25, 0.3) is 0 Å². The van der Waals surface area contributed by atoms with Gasteiger partial charge in [-0.3, -0.25) is 4.57 Å². The van der Waals surface area contributed by atoms with Crippen LogP contribution in [0, 0.1) is 0 Å². The molecule has 11 heavy (non-hydrogen) atoms. The average molecular weight is 284 g/mol. The molecular weight excluding hydrogens is 278 g/mol. The Hall–Kier alpha value is 0.120. The van der Waals surface area contributed by atoms with E-state index in [0.717, 1.165) is 25.5 Å². The first-order chi connectivity index (χ1) is 5.27. The molecule has 2 heterocycles. The van der Waals surface area contributed by atoms with Crippen LogP contribution < -0.4 is 0 Å². The normalized spacial score (nSPS) is 18.4. The van der Waals surface area contributed by atoms with E-state index < -0.39 is 0 Å². The molecule has 0 radical (unpaired) electrons. The molecular formula is C5H6ClIN4. The Morgan fingerprint density at radius 3 is 3.00 bits per heavy atom. The van der Waals surface area contributed by atoms with Crippen LogP contribution in [0.2, 0.25) is 5.28 Å². The lowest BCUT2D eigenvalue weighted by Gasteiger charge is -2.20. The number of hydrogen-bond acceptors (Lipinski definition) is 3. The molecule has 2 rings (SSSR count). The van der Waals surface area contributed by atoms with E-state index in [-0.39, 0.29) is 0 Å². The molecule has 4 nitrogen and oxygen atoms in total. The van der Waals surface area contributed by atoms with Crippen molar-refractivity contribution in [1.82, 2.24) is 17.9 Å². The molecule has 0 N–H and O–H groups in total. The summed E-state index contributed by atoms with van der Waals surface area (Å²) in [4.78, 5) is 0. The Balaban J connectivity index is 2.36. The molecule has 6 heteroatoms. The standard InChI is InChI=1S/C5H6ClIN4/c6-5-9-8-4-3-10(7)1-2-11(4)5/h1-3H2. The maximum Gasteiger partial charge on any atom is 0.225 e. The third kappa shape index (κ3) is 1.36. The van der Waals surface area contributed by atoms with Gasteiger partial charge in [-0.25, -0.2) is 3.11 Å². The minimum atomic E-state index is 0.504. The molecule has 0 unspecified atom stereocenters. The maximum absolute atomic E-state index is 5.77. The molecule has 0 bridgehead atoms. The van der Waals surface area contributed by atoms with Crippen molar-refractivity contribution in [2.24, 2.45) is 0 Å². The third-order valence-corrected chi connectivity index (χ3v) is 2.76. The predicted molar refractivity (Wildman–Crippen MR) is 49.5 cm³/mol. The Bertz CT molecular complexity index is 273. The van der Waals surface area contributed by atoms with Crippen LogP contribution >= 0.6 is 34.5 Å². The van der Waals surface area contributed by atoms with Crippen molar-refractivity contribution in [2.45, 2.75) is 13.1 Å². The van der Waals surface area contributed by atoms with Crippen LogP contribution in [0.1, 0.15) is 5.82 Å². The predicted octanol–water partition coefficient (Wildman–Crippen LogP) is 1.10. The van der Waals surface area contributed by atoms with Gasteiger partial charge in [0.15, 0.2) is 0 Å². The highest BCUT2D eigenvalue weighted by molar-refractivity contribution is 14.1. The zero-order valence-corrected chi connectivity index (χ0v) is 8.58. The molecule has 1 aromatic heterocycles. The van der Waals surface area contributed by atoms with E-state index in [2.05, 4.69) is 36.2 Å². The van der Waals surface area contributed by atoms with Gasteiger partial charge in [-0.2, -0.15) is 0 Å². The lowest BCUT2D eigenvalue weighted by Crippen LogP contribution is -2.26. The summed E-state index contributed by atoms with van der Waals surface area (Å²) in [6, 6.07) is 0. The second kappa shape index (κ2) is 2.87. The molecule has 0 amide bonds. The van der Waals surface area contributed by atoms with Gasteiger partial charge < -0.3 is 0 Å². The van der Waals surface area contributed by atoms with Gasteiger partial charge in [0, 0.05) is 36.0 Å². The van der Waals surface area contributed by atoms with E-state index in [1.54, 1.807) is 0 Å². The molecule has 1 aromatic rings. The van der Waals surface area contributed by atoms with Crippen LogP contribution in [0.25, 0.3) is 0 Å². The number of rotatable bonds is 0. The molecule has 0 saturated heterocycles. The lowest BCUT2D eigenvalue weighted by atomic mass is 10.4. The van der Waals surface area contributed by atoms with Crippen LogP contribution in [0.5, 0.6) is 0 Å². The minimum Gasteiger partial charge on any atom is -0.299 e. The number of fused-ring (bicyclic) bond motifs is 1. The smallest absolute Gasteiger partial charge is 0.225 e. The summed E-state index contributed by atoms with van der Waals surface area (Å²) < 4.78 is 4.11. The molecule has 60 valence electrons. The number of hydrogen-bond donors (Lipinski definition) is 0. The summed E-state index contributed by atoms with van der Waals surface area (Å²) in [5.74, 6) is 0.954. The Morgan fingerprint density at radius 1 is 1.36 bits per heavy atom. The summed E-state index contributed by atoms with van der Waals surface area (Å²) >= 11 is 8.05. The van der Waals surface area contributed by atoms with Crippen LogP contribution in [-0.2, 0) is 13.1 Å². The van der Waals surface area contributed by atoms with Gasteiger partial charge in [-0.05, 0) is 11.6 Å². The van der Waals surface area contributed by atoms with Crippen LogP contribution in [-0.4, -0.2) is 24.4 Å². The summed E-state index contributed by atoms with van der Waals surface area (Å²) in [6.45, 7) is 2.73. The highest BCUT2D eigenvalue weighted by Gasteiger charge is 2.17. The Labute approximate surface area is 83.0 Å². The van der Waals surface area contributed by atoms with Gasteiger partial charge in [-0.1, -0.05) is 0 Å². The first kappa shape index (κ1) is 7.75. The zero-order valence-electron chi connectivity index (χ0n) is 5.67. The van der Waals surface area contributed by atoms with Crippen LogP contribution in [0.15, 0.2) is 0 Å². The number of aromatic nitrogens is 3. The van der Waals surface area contributed by atoms with Crippen molar-refractivity contribution < 1.29 is 0 Å². The van der Waals surface area contributed by atoms with Gasteiger partial charge in [-0.15, -0.1) is 10.2 Å². The Morgan fingerprint density at radius 2 is 2.18 bits per heavy atom.